The van der Waals surface area contributed by atoms with E-state index in [4.69, 9.17) is 11.6 Å². The van der Waals surface area contributed by atoms with E-state index in [1.54, 1.807) is 35.9 Å². The molecule has 0 fully saturated rings. The van der Waals surface area contributed by atoms with Crippen LogP contribution in [-0.2, 0) is 4.79 Å². The number of benzene rings is 1. The van der Waals surface area contributed by atoms with Crippen LogP contribution in [0.4, 0.5) is 0 Å². The number of aromatic nitrogens is 2. The van der Waals surface area contributed by atoms with Crippen LogP contribution >= 0.6 is 11.6 Å². The fourth-order valence-corrected chi connectivity index (χ4v) is 2.50. The molecule has 1 unspecified atom stereocenters. The first-order valence-electron chi connectivity index (χ1n) is 7.78. The van der Waals surface area contributed by atoms with E-state index in [9.17, 15) is 14.7 Å². The average Bonchev–Trinajstić information content (AvgIpc) is 2.93. The highest BCUT2D eigenvalue weighted by Gasteiger charge is 2.22. The van der Waals surface area contributed by atoms with Crippen molar-refractivity contribution in [2.75, 3.05) is 0 Å². The zero-order valence-corrected chi connectivity index (χ0v) is 14.4. The number of halogens is 1. The molecule has 2 N–H and O–H groups in total. The zero-order valence-electron chi connectivity index (χ0n) is 13.6. The Balaban J connectivity index is 2.18. The first-order chi connectivity index (χ1) is 11.4. The molecule has 1 aromatic heterocycles. The number of carboxylic acids is 1. The summed E-state index contributed by atoms with van der Waals surface area (Å²) in [5, 5.41) is 16.6. The van der Waals surface area contributed by atoms with Crippen molar-refractivity contribution in [1.82, 2.24) is 15.1 Å². The molecule has 0 aliphatic heterocycles. The lowest BCUT2D eigenvalue weighted by Gasteiger charge is -2.14. The van der Waals surface area contributed by atoms with Gasteiger partial charge < -0.3 is 10.4 Å². The molecule has 1 amide bonds. The number of rotatable bonds is 7. The molecule has 0 spiro atoms. The van der Waals surface area contributed by atoms with Gasteiger partial charge >= 0.3 is 5.97 Å². The third kappa shape index (κ3) is 4.14. The van der Waals surface area contributed by atoms with Crippen LogP contribution in [0.3, 0.4) is 0 Å². The number of carboxylic acid groups (broad SMARTS) is 1. The van der Waals surface area contributed by atoms with Crippen LogP contribution in [0.25, 0.3) is 5.69 Å². The van der Waals surface area contributed by atoms with Gasteiger partial charge in [0.1, 0.15) is 6.04 Å². The maximum atomic E-state index is 12.4. The summed E-state index contributed by atoms with van der Waals surface area (Å²) < 4.78 is 1.62. The average molecular weight is 350 g/mol. The summed E-state index contributed by atoms with van der Waals surface area (Å²) >= 11 is 5.87. The third-order valence-corrected chi connectivity index (χ3v) is 4.03. The van der Waals surface area contributed by atoms with E-state index in [1.807, 2.05) is 6.92 Å². The van der Waals surface area contributed by atoms with Crippen molar-refractivity contribution in [2.24, 2.45) is 0 Å². The number of hydrogen-bond acceptors (Lipinski definition) is 3. The summed E-state index contributed by atoms with van der Waals surface area (Å²) in [5.74, 6) is -1.46. The summed E-state index contributed by atoms with van der Waals surface area (Å²) in [6.45, 7) is 3.74. The minimum atomic E-state index is -1.03. The van der Waals surface area contributed by atoms with Crippen LogP contribution in [0.5, 0.6) is 0 Å². The first-order valence-corrected chi connectivity index (χ1v) is 8.16. The smallest absolute Gasteiger partial charge is 0.326 e. The van der Waals surface area contributed by atoms with Gasteiger partial charge in [-0.15, -0.1) is 0 Å². The molecule has 1 heterocycles. The van der Waals surface area contributed by atoms with Crippen LogP contribution in [0.2, 0.25) is 5.02 Å². The predicted octanol–water partition coefficient (Wildman–Crippen LogP) is 3.21. The number of amides is 1. The lowest BCUT2D eigenvalue weighted by atomic mass is 10.1. The quantitative estimate of drug-likeness (QED) is 0.803. The molecule has 1 atom stereocenters. The Labute approximate surface area is 145 Å². The second-order valence-electron chi connectivity index (χ2n) is 5.54. The minimum absolute atomic E-state index is 0.354. The van der Waals surface area contributed by atoms with Crippen molar-refractivity contribution in [3.05, 3.63) is 46.7 Å². The van der Waals surface area contributed by atoms with Crippen LogP contribution < -0.4 is 5.32 Å². The van der Waals surface area contributed by atoms with Crippen molar-refractivity contribution in [1.29, 1.82) is 0 Å². The summed E-state index contributed by atoms with van der Waals surface area (Å²) in [6, 6.07) is 6.18. The molecule has 0 saturated carbocycles. The van der Waals surface area contributed by atoms with Crippen molar-refractivity contribution in [2.45, 2.75) is 39.2 Å². The number of aliphatic carboxylic acids is 1. The summed E-state index contributed by atoms with van der Waals surface area (Å²) in [5.41, 5.74) is 1.76. The molecule has 2 rings (SSSR count). The monoisotopic (exact) mass is 349 g/mol. The molecular weight excluding hydrogens is 330 g/mol. The van der Waals surface area contributed by atoms with E-state index < -0.39 is 17.9 Å². The second-order valence-corrected chi connectivity index (χ2v) is 5.97. The van der Waals surface area contributed by atoms with Crippen LogP contribution in [0, 0.1) is 6.92 Å². The molecule has 6 nitrogen and oxygen atoms in total. The third-order valence-electron chi connectivity index (χ3n) is 3.78. The highest BCUT2D eigenvalue weighted by molar-refractivity contribution is 6.30. The molecular formula is C17H20ClN3O3. The zero-order chi connectivity index (χ0) is 17.7. The van der Waals surface area contributed by atoms with Gasteiger partial charge in [-0.1, -0.05) is 31.4 Å². The summed E-state index contributed by atoms with van der Waals surface area (Å²) in [7, 11) is 0. The molecule has 0 aliphatic rings. The summed E-state index contributed by atoms with van der Waals surface area (Å²) in [4.78, 5) is 23.7. The predicted molar refractivity (Wildman–Crippen MR) is 91.7 cm³/mol. The fourth-order valence-electron chi connectivity index (χ4n) is 2.38. The van der Waals surface area contributed by atoms with E-state index in [2.05, 4.69) is 10.4 Å². The minimum Gasteiger partial charge on any atom is -0.480 e. The molecule has 2 aromatic rings. The molecule has 0 saturated heterocycles. The Kier molecular flexibility index (Phi) is 5.98. The Morgan fingerprint density at radius 3 is 2.58 bits per heavy atom. The molecule has 1 aromatic carbocycles. The van der Waals surface area contributed by atoms with E-state index in [-0.39, 0.29) is 0 Å². The van der Waals surface area contributed by atoms with Gasteiger partial charge in [-0.2, -0.15) is 5.10 Å². The molecule has 128 valence electrons. The maximum absolute atomic E-state index is 12.4. The van der Waals surface area contributed by atoms with Crippen molar-refractivity contribution >= 4 is 23.5 Å². The number of nitrogens with zero attached hydrogens (tertiary/aromatic N) is 2. The number of carbonyl (C=O) groups excluding carboxylic acids is 1. The Morgan fingerprint density at radius 2 is 2.00 bits per heavy atom. The summed E-state index contributed by atoms with van der Waals surface area (Å²) in [6.07, 6.45) is 3.45. The largest absolute Gasteiger partial charge is 0.480 e. The van der Waals surface area contributed by atoms with Gasteiger partial charge in [0.25, 0.3) is 5.91 Å². The topological polar surface area (TPSA) is 84.2 Å². The molecule has 24 heavy (non-hydrogen) atoms. The normalized spacial score (nSPS) is 12.0. The van der Waals surface area contributed by atoms with Gasteiger partial charge in [-0.25, -0.2) is 9.48 Å². The van der Waals surface area contributed by atoms with E-state index >= 15 is 0 Å². The highest BCUT2D eigenvalue weighted by Crippen LogP contribution is 2.17. The Hall–Kier alpha value is -2.34. The lowest BCUT2D eigenvalue weighted by molar-refractivity contribution is -0.139. The number of hydrogen-bond donors (Lipinski definition) is 2. The molecule has 0 radical (unpaired) electrons. The molecule has 7 heteroatoms. The van der Waals surface area contributed by atoms with Crippen LogP contribution in [-0.4, -0.2) is 32.8 Å². The molecule has 0 bridgehead atoms. The van der Waals surface area contributed by atoms with E-state index in [0.29, 0.717) is 22.7 Å². The standard InChI is InChI=1S/C17H20ClN3O3/c1-3-4-5-15(17(23)24)20-16(22)14-10-19-21(11(14)2)13-8-6-12(18)7-9-13/h6-10,15H,3-5H2,1-2H3,(H,20,22)(H,23,24). The van der Waals surface area contributed by atoms with E-state index in [1.165, 1.54) is 6.20 Å². The van der Waals surface area contributed by atoms with Gasteiger partial charge in [0.2, 0.25) is 0 Å². The number of carbonyl (C=O) groups is 2. The van der Waals surface area contributed by atoms with Crippen molar-refractivity contribution in [3.8, 4) is 5.69 Å². The van der Waals surface area contributed by atoms with Crippen molar-refractivity contribution in [3.63, 3.8) is 0 Å². The Morgan fingerprint density at radius 1 is 1.33 bits per heavy atom. The van der Waals surface area contributed by atoms with Gasteiger partial charge in [-0.05, 0) is 37.6 Å². The van der Waals surface area contributed by atoms with Crippen LogP contribution in [0.1, 0.15) is 42.2 Å². The van der Waals surface area contributed by atoms with Gasteiger partial charge in [-0.3, -0.25) is 4.79 Å². The number of unbranched alkanes of at least 4 members (excludes halogenated alkanes) is 1. The first kappa shape index (κ1) is 18.0. The second kappa shape index (κ2) is 7.97. The SMILES string of the molecule is CCCCC(NC(=O)c1cnn(-c2ccc(Cl)cc2)c1C)C(=O)O. The van der Waals surface area contributed by atoms with Crippen LogP contribution in [0.15, 0.2) is 30.5 Å². The Bertz CT molecular complexity index is 725. The molecule has 0 aliphatic carbocycles. The number of nitrogens with one attached hydrogen (secondary N) is 1. The van der Waals surface area contributed by atoms with Gasteiger partial charge in [0.15, 0.2) is 0 Å². The maximum Gasteiger partial charge on any atom is 0.326 e. The lowest BCUT2D eigenvalue weighted by Crippen LogP contribution is -2.40. The van der Waals surface area contributed by atoms with Gasteiger partial charge in [0, 0.05) is 5.02 Å². The van der Waals surface area contributed by atoms with Gasteiger partial charge in [0.05, 0.1) is 23.1 Å². The fraction of sp³-hybridized carbons (Fsp3) is 0.353. The van der Waals surface area contributed by atoms with Crippen molar-refractivity contribution < 1.29 is 14.7 Å². The highest BCUT2D eigenvalue weighted by atomic mass is 35.5. The van der Waals surface area contributed by atoms with E-state index in [0.717, 1.165) is 18.5 Å².